The van der Waals surface area contributed by atoms with Crippen molar-refractivity contribution in [3.63, 3.8) is 0 Å². The van der Waals surface area contributed by atoms with Gasteiger partial charge >= 0.3 is 6.18 Å². The number of alkyl halides is 3. The van der Waals surface area contributed by atoms with E-state index in [1.807, 2.05) is 6.92 Å². The van der Waals surface area contributed by atoms with Crippen molar-refractivity contribution < 1.29 is 27.6 Å². The molecule has 2 heterocycles. The van der Waals surface area contributed by atoms with Gasteiger partial charge in [-0.25, -0.2) is 0 Å². The summed E-state index contributed by atoms with van der Waals surface area (Å²) in [5.41, 5.74) is 3.23. The summed E-state index contributed by atoms with van der Waals surface area (Å²) in [5.74, 6) is -1.99. The van der Waals surface area contributed by atoms with Gasteiger partial charge in [0, 0.05) is 55.6 Å². The molecule has 0 bridgehead atoms. The van der Waals surface area contributed by atoms with Gasteiger partial charge in [0.25, 0.3) is 11.8 Å². The molecule has 9 nitrogen and oxygen atoms in total. The van der Waals surface area contributed by atoms with E-state index in [0.717, 1.165) is 44.2 Å². The number of likely N-dealkylation sites (tertiary alicyclic amines) is 1. The van der Waals surface area contributed by atoms with Crippen LogP contribution in [0.4, 0.5) is 13.2 Å². The number of allylic oxidation sites excluding steroid dienone is 1. The summed E-state index contributed by atoms with van der Waals surface area (Å²) < 4.78 is 40.1. The molecule has 42 heavy (non-hydrogen) atoms. The lowest BCUT2D eigenvalue weighted by Crippen LogP contribution is -2.58. The molecular weight excluding hydrogens is 549 g/mol. The summed E-state index contributed by atoms with van der Waals surface area (Å²) in [6, 6.07) is 2.88. The van der Waals surface area contributed by atoms with Crippen LogP contribution in [0, 0.1) is 11.8 Å². The van der Waals surface area contributed by atoms with Gasteiger partial charge in [-0.15, -0.1) is 0 Å². The smallest absolute Gasteiger partial charge is 0.340 e. The highest BCUT2D eigenvalue weighted by Gasteiger charge is 2.51. The first kappa shape index (κ1) is 31.2. The SMILES string of the molecule is CCCN/N=C(/C(=O)N1CCC[C@H]1C=NC)C1=C(C)N(CC)C(=O)[C@H](NC(=O)c2cccc(C(F)(F)F)c2)[C@@H]1C1CC1. The molecule has 228 valence electrons. The van der Waals surface area contributed by atoms with Crippen LogP contribution in [0.1, 0.15) is 68.8 Å². The van der Waals surface area contributed by atoms with E-state index < -0.39 is 29.6 Å². The maximum atomic E-state index is 14.2. The minimum absolute atomic E-state index is 0.000435. The third-order valence-corrected chi connectivity index (χ3v) is 8.10. The Hall–Kier alpha value is -3.70. The number of likely N-dealkylation sites (N-methyl/N-ethyl adjacent to an activating group) is 1. The Morgan fingerprint density at radius 3 is 2.52 bits per heavy atom. The first-order valence-corrected chi connectivity index (χ1v) is 14.6. The highest BCUT2D eigenvalue weighted by atomic mass is 19.4. The molecule has 12 heteroatoms. The molecule has 4 rings (SSSR count). The molecule has 1 saturated carbocycles. The molecule has 0 radical (unpaired) electrons. The number of carbonyl (C=O) groups is 3. The van der Waals surface area contributed by atoms with Gasteiger partial charge < -0.3 is 20.5 Å². The number of nitrogens with one attached hydrogen (secondary N) is 2. The maximum absolute atomic E-state index is 14.2. The van der Waals surface area contributed by atoms with Crippen molar-refractivity contribution in [3.05, 3.63) is 46.7 Å². The van der Waals surface area contributed by atoms with E-state index in [2.05, 4.69) is 20.8 Å². The topological polar surface area (TPSA) is 106 Å². The van der Waals surface area contributed by atoms with Crippen molar-refractivity contribution in [3.8, 4) is 0 Å². The Morgan fingerprint density at radius 2 is 1.90 bits per heavy atom. The highest BCUT2D eigenvalue weighted by Crippen LogP contribution is 2.46. The van der Waals surface area contributed by atoms with E-state index in [9.17, 15) is 27.6 Å². The molecule has 0 unspecified atom stereocenters. The molecule has 3 amide bonds. The minimum atomic E-state index is -4.62. The zero-order valence-electron chi connectivity index (χ0n) is 24.5. The number of benzene rings is 1. The summed E-state index contributed by atoms with van der Waals surface area (Å²) >= 11 is 0. The first-order chi connectivity index (χ1) is 20.0. The minimum Gasteiger partial charge on any atom is -0.340 e. The summed E-state index contributed by atoms with van der Waals surface area (Å²) in [7, 11) is 1.66. The molecule has 3 atom stereocenters. The number of nitrogens with zero attached hydrogens (tertiary/aromatic N) is 4. The molecule has 0 spiro atoms. The third-order valence-electron chi connectivity index (χ3n) is 8.10. The van der Waals surface area contributed by atoms with Crippen molar-refractivity contribution in [2.75, 3.05) is 26.7 Å². The van der Waals surface area contributed by atoms with Gasteiger partial charge in [-0.3, -0.25) is 19.4 Å². The van der Waals surface area contributed by atoms with Crippen LogP contribution in [0.5, 0.6) is 0 Å². The third kappa shape index (κ3) is 6.52. The monoisotopic (exact) mass is 588 g/mol. The summed E-state index contributed by atoms with van der Waals surface area (Å²) in [6.07, 6.45) is 1.08. The second kappa shape index (κ2) is 13.1. The fourth-order valence-electron chi connectivity index (χ4n) is 5.92. The number of hydrogen-bond donors (Lipinski definition) is 2. The largest absolute Gasteiger partial charge is 0.416 e. The number of rotatable bonds is 10. The van der Waals surface area contributed by atoms with Crippen molar-refractivity contribution in [1.82, 2.24) is 20.5 Å². The lowest BCUT2D eigenvalue weighted by molar-refractivity contribution is -0.137. The maximum Gasteiger partial charge on any atom is 0.416 e. The molecular formula is C30H39F3N6O3. The predicted molar refractivity (Wildman–Crippen MR) is 154 cm³/mol. The van der Waals surface area contributed by atoms with Gasteiger partial charge in [-0.05, 0) is 70.1 Å². The quantitative estimate of drug-likeness (QED) is 0.245. The molecule has 0 aromatic heterocycles. The Kier molecular flexibility index (Phi) is 9.73. The average Bonchev–Trinajstić information content (AvgIpc) is 3.69. The van der Waals surface area contributed by atoms with E-state index in [1.54, 1.807) is 32.0 Å². The van der Waals surface area contributed by atoms with Gasteiger partial charge in [0.2, 0.25) is 5.91 Å². The molecule has 1 aromatic rings. The van der Waals surface area contributed by atoms with Gasteiger partial charge in [-0.2, -0.15) is 18.3 Å². The van der Waals surface area contributed by atoms with Crippen LogP contribution >= 0.6 is 0 Å². The van der Waals surface area contributed by atoms with Crippen molar-refractivity contribution in [1.29, 1.82) is 0 Å². The van der Waals surface area contributed by atoms with E-state index in [-0.39, 0.29) is 41.6 Å². The Bertz CT molecular complexity index is 1290. The molecule has 1 aromatic carbocycles. The van der Waals surface area contributed by atoms with Crippen LogP contribution in [0.25, 0.3) is 0 Å². The van der Waals surface area contributed by atoms with Gasteiger partial charge in [0.05, 0.1) is 11.6 Å². The zero-order chi connectivity index (χ0) is 30.6. The van der Waals surface area contributed by atoms with Crippen molar-refractivity contribution in [2.45, 2.75) is 71.1 Å². The number of hydrazone groups is 1. The van der Waals surface area contributed by atoms with Crippen LogP contribution < -0.4 is 10.7 Å². The summed E-state index contributed by atoms with van der Waals surface area (Å²) in [4.78, 5) is 48.8. The molecule has 1 aliphatic carbocycles. The fraction of sp³-hybridized carbons (Fsp3) is 0.567. The van der Waals surface area contributed by atoms with E-state index >= 15 is 0 Å². The number of halogens is 3. The molecule has 1 saturated heterocycles. The molecule has 2 aliphatic heterocycles. The summed E-state index contributed by atoms with van der Waals surface area (Å²) in [5, 5.41) is 7.35. The zero-order valence-corrected chi connectivity index (χ0v) is 24.5. The predicted octanol–water partition coefficient (Wildman–Crippen LogP) is 4.01. The van der Waals surface area contributed by atoms with Crippen molar-refractivity contribution >= 4 is 29.6 Å². The van der Waals surface area contributed by atoms with Crippen LogP contribution in [-0.2, 0) is 15.8 Å². The lowest BCUT2D eigenvalue weighted by atomic mass is 9.78. The van der Waals surface area contributed by atoms with Gasteiger partial charge in [0.1, 0.15) is 6.04 Å². The lowest BCUT2D eigenvalue weighted by Gasteiger charge is -2.41. The van der Waals surface area contributed by atoms with Gasteiger partial charge in [0.15, 0.2) is 5.71 Å². The number of carbonyl (C=O) groups excluding carboxylic acids is 3. The molecule has 2 fully saturated rings. The number of aliphatic imine (C=N–C) groups is 1. The summed E-state index contributed by atoms with van der Waals surface area (Å²) in [6.45, 7) is 6.91. The second-order valence-corrected chi connectivity index (χ2v) is 11.0. The van der Waals surface area contributed by atoms with Crippen LogP contribution in [0.3, 0.4) is 0 Å². The molecule has 2 N–H and O–H groups in total. The van der Waals surface area contributed by atoms with E-state index in [4.69, 9.17) is 0 Å². The average molecular weight is 589 g/mol. The molecule has 3 aliphatic rings. The second-order valence-electron chi connectivity index (χ2n) is 11.0. The van der Waals surface area contributed by atoms with Gasteiger partial charge in [-0.1, -0.05) is 13.0 Å². The normalized spacial score (nSPS) is 23.6. The Labute approximate surface area is 244 Å². The van der Waals surface area contributed by atoms with Crippen LogP contribution in [0.2, 0.25) is 0 Å². The Morgan fingerprint density at radius 1 is 1.17 bits per heavy atom. The first-order valence-electron chi connectivity index (χ1n) is 14.6. The Balaban J connectivity index is 1.77. The number of amides is 3. The van der Waals surface area contributed by atoms with E-state index in [1.165, 1.54) is 17.0 Å². The standard InChI is InChI=1S/C30H39F3N6O3/c1-5-14-35-37-26(29(42)39-15-8-11-22(39)17-34-4)23-18(3)38(6-2)28(41)25(24(23)19-12-13-19)36-27(40)20-9-7-10-21(16-20)30(31,32)33/h7,9-10,16-17,19,22,24-25,35H,5-6,8,11-15H2,1-4H3,(H,36,40)/b34-17?,37-26+/t22-,24+,25+/m0/s1. The number of hydrogen-bond acceptors (Lipinski definition) is 6. The van der Waals surface area contributed by atoms with E-state index in [0.29, 0.717) is 24.4 Å². The van der Waals surface area contributed by atoms with Crippen LogP contribution in [-0.4, -0.2) is 78.2 Å². The van der Waals surface area contributed by atoms with Crippen molar-refractivity contribution in [2.24, 2.45) is 21.9 Å². The van der Waals surface area contributed by atoms with Crippen LogP contribution in [0.15, 0.2) is 45.6 Å². The highest BCUT2D eigenvalue weighted by molar-refractivity contribution is 6.46. The fourth-order valence-corrected chi connectivity index (χ4v) is 5.92.